The van der Waals surface area contributed by atoms with Crippen molar-refractivity contribution in [3.05, 3.63) is 72.8 Å². The second kappa shape index (κ2) is 14.4. The number of epoxide rings is 1. The van der Waals surface area contributed by atoms with E-state index in [1.54, 1.807) is 0 Å². The summed E-state index contributed by atoms with van der Waals surface area (Å²) >= 11 is 0. The fraction of sp³-hybridized carbons (Fsp3) is 0.682. The molecule has 0 aliphatic carbocycles. The van der Waals surface area contributed by atoms with E-state index in [4.69, 9.17) is 23.4 Å². The normalized spacial score (nSPS) is 37.9. The van der Waals surface area contributed by atoms with Crippen molar-refractivity contribution in [1.29, 1.82) is 0 Å². The molecule has 282 valence electrons. The van der Waals surface area contributed by atoms with Gasteiger partial charge in [0.15, 0.2) is 11.6 Å². The maximum Gasteiger partial charge on any atom is 0.261 e. The summed E-state index contributed by atoms with van der Waals surface area (Å²) in [6.07, 6.45) is 9.49. The first-order valence-corrected chi connectivity index (χ1v) is 21.9. The summed E-state index contributed by atoms with van der Waals surface area (Å²) in [6.45, 7) is 23.1. The molecule has 4 aliphatic rings. The van der Waals surface area contributed by atoms with Crippen molar-refractivity contribution < 1.29 is 28.5 Å². The van der Waals surface area contributed by atoms with Gasteiger partial charge < -0.3 is 28.5 Å². The van der Waals surface area contributed by atoms with Gasteiger partial charge in [0, 0.05) is 30.8 Å². The van der Waals surface area contributed by atoms with Crippen molar-refractivity contribution in [2.45, 2.75) is 160 Å². The largest absolute Gasteiger partial charge is 0.407 e. The van der Waals surface area contributed by atoms with Crippen LogP contribution in [0.3, 0.4) is 0 Å². The van der Waals surface area contributed by atoms with Crippen LogP contribution in [0.15, 0.2) is 72.8 Å². The fourth-order valence-corrected chi connectivity index (χ4v) is 14.5. The summed E-state index contributed by atoms with van der Waals surface area (Å²) in [6, 6.07) is 21.8. The molecule has 2 aromatic carbocycles. The number of rotatable bonds is 12. The average Bonchev–Trinajstić information content (AvgIpc) is 3.62. The molecule has 0 unspecified atom stereocenters. The molecular formula is C44H66O6Si. The van der Waals surface area contributed by atoms with E-state index in [-0.39, 0.29) is 40.6 Å². The standard InChI is InChI=1S/C44H66O6Si/c1-11-35(30-46-51(40(7,8)9,36-20-15-13-16-21-36)37-22-17-14-18-23-37)39-31(3)28-32(4)43(48-39)25-19-26-44(50-43)33(5)29-42(12-2,49-44)38(45)24-27-41(10)34(6)47-41/h13-23,25,31-35,38-39,45H,11-12,24,26-30H2,1-10H3/t31-,32+,33+,34+,35-,38-,39-,41+,42+,43+,44-/m0/s1. The first-order chi connectivity index (χ1) is 24.1. The predicted molar refractivity (Wildman–Crippen MR) is 208 cm³/mol. The van der Waals surface area contributed by atoms with Gasteiger partial charge in [0.2, 0.25) is 0 Å². The Balaban J connectivity index is 1.25. The van der Waals surface area contributed by atoms with Crippen LogP contribution in [0.25, 0.3) is 0 Å². The molecule has 2 spiro atoms. The molecule has 0 radical (unpaired) electrons. The number of hydrogen-bond donors (Lipinski definition) is 1. The van der Waals surface area contributed by atoms with Crippen molar-refractivity contribution in [2.24, 2.45) is 23.7 Å². The van der Waals surface area contributed by atoms with E-state index in [2.05, 4.69) is 142 Å². The lowest BCUT2D eigenvalue weighted by Gasteiger charge is -2.54. The Labute approximate surface area is 309 Å². The van der Waals surface area contributed by atoms with Gasteiger partial charge >= 0.3 is 0 Å². The van der Waals surface area contributed by atoms with Gasteiger partial charge in [0.05, 0.1) is 29.5 Å². The number of aliphatic hydroxyl groups is 1. The molecule has 4 aliphatic heterocycles. The van der Waals surface area contributed by atoms with E-state index in [0.29, 0.717) is 25.4 Å². The van der Waals surface area contributed by atoms with Gasteiger partial charge in [-0.15, -0.1) is 0 Å². The quantitative estimate of drug-likeness (QED) is 0.135. The van der Waals surface area contributed by atoms with Gasteiger partial charge in [-0.3, -0.25) is 0 Å². The number of hydrogen-bond acceptors (Lipinski definition) is 6. The molecule has 0 bridgehead atoms. The van der Waals surface area contributed by atoms with Crippen molar-refractivity contribution in [2.75, 3.05) is 6.61 Å². The Morgan fingerprint density at radius 3 is 2.04 bits per heavy atom. The zero-order valence-corrected chi connectivity index (χ0v) is 34.1. The van der Waals surface area contributed by atoms with E-state index in [9.17, 15) is 5.11 Å². The van der Waals surface area contributed by atoms with Crippen LogP contribution in [-0.4, -0.2) is 61.1 Å². The van der Waals surface area contributed by atoms with Crippen LogP contribution in [0, 0.1) is 23.7 Å². The van der Waals surface area contributed by atoms with Crippen LogP contribution in [0.4, 0.5) is 0 Å². The molecule has 11 atom stereocenters. The Morgan fingerprint density at radius 2 is 1.51 bits per heavy atom. The maximum atomic E-state index is 11.7. The highest BCUT2D eigenvalue weighted by atomic mass is 28.4. The molecule has 51 heavy (non-hydrogen) atoms. The second-order valence-electron chi connectivity index (χ2n) is 17.8. The SMILES string of the molecule is CC[C@@H](CO[Si](c1ccccc1)(c1ccccc1)C(C)(C)C)[C@H]1O[C@@]2(C=CC[C@]3(O[C@@](CC)([C@@H](O)CC[C@@]4(C)O[C@@H]4C)C[C@H]3C)O2)[C@H](C)C[C@@H]1C. The van der Waals surface area contributed by atoms with Gasteiger partial charge in [-0.2, -0.15) is 0 Å². The van der Waals surface area contributed by atoms with Crippen LogP contribution < -0.4 is 10.4 Å². The molecular weight excluding hydrogens is 653 g/mol. The third kappa shape index (κ3) is 6.99. The summed E-state index contributed by atoms with van der Waals surface area (Å²) in [5, 5.41) is 14.2. The molecule has 7 heteroatoms. The summed E-state index contributed by atoms with van der Waals surface area (Å²) in [5.74, 6) is -1.03. The van der Waals surface area contributed by atoms with Gasteiger partial charge in [0.1, 0.15) is 0 Å². The molecule has 3 saturated heterocycles. The van der Waals surface area contributed by atoms with E-state index < -0.39 is 31.6 Å². The average molecular weight is 719 g/mol. The third-order valence-electron chi connectivity index (χ3n) is 13.4. The van der Waals surface area contributed by atoms with Crippen LogP contribution in [-0.2, 0) is 23.4 Å². The number of benzene rings is 2. The fourth-order valence-electron chi connectivity index (χ4n) is 9.86. The Bertz CT molecular complexity index is 1450. The van der Waals surface area contributed by atoms with E-state index in [0.717, 1.165) is 32.1 Å². The minimum Gasteiger partial charge on any atom is -0.407 e. The summed E-state index contributed by atoms with van der Waals surface area (Å²) in [4.78, 5) is 0. The smallest absolute Gasteiger partial charge is 0.261 e. The molecule has 2 aromatic rings. The maximum absolute atomic E-state index is 11.7. The molecule has 3 fully saturated rings. The number of ether oxygens (including phenoxy) is 4. The highest BCUT2D eigenvalue weighted by molar-refractivity contribution is 6.99. The van der Waals surface area contributed by atoms with Crippen LogP contribution >= 0.6 is 0 Å². The van der Waals surface area contributed by atoms with Crippen molar-refractivity contribution in [3.8, 4) is 0 Å². The summed E-state index contributed by atoms with van der Waals surface area (Å²) < 4.78 is 35.1. The van der Waals surface area contributed by atoms with Crippen molar-refractivity contribution >= 4 is 18.7 Å². The predicted octanol–water partition coefficient (Wildman–Crippen LogP) is 8.54. The highest BCUT2D eigenvalue weighted by Crippen LogP contribution is 2.56. The lowest BCUT2D eigenvalue weighted by Crippen LogP contribution is -2.67. The lowest BCUT2D eigenvalue weighted by molar-refractivity contribution is -0.400. The minimum absolute atomic E-state index is 0.0521. The Hall–Kier alpha value is -1.84. The van der Waals surface area contributed by atoms with Crippen LogP contribution in [0.5, 0.6) is 0 Å². The van der Waals surface area contributed by atoms with Gasteiger partial charge in [0.25, 0.3) is 8.32 Å². The summed E-state index contributed by atoms with van der Waals surface area (Å²) in [7, 11) is -2.71. The van der Waals surface area contributed by atoms with Gasteiger partial charge in [-0.25, -0.2) is 0 Å². The minimum atomic E-state index is -2.71. The molecule has 4 heterocycles. The monoisotopic (exact) mass is 718 g/mol. The first-order valence-electron chi connectivity index (χ1n) is 20.0. The molecule has 0 aromatic heterocycles. The van der Waals surface area contributed by atoms with Crippen LogP contribution in [0.2, 0.25) is 5.04 Å². The first kappa shape index (κ1) is 38.9. The summed E-state index contributed by atoms with van der Waals surface area (Å²) in [5.41, 5.74) is -0.805. The number of aliphatic hydroxyl groups excluding tert-OH is 1. The zero-order valence-electron chi connectivity index (χ0n) is 33.1. The van der Waals surface area contributed by atoms with Crippen LogP contribution in [0.1, 0.15) is 114 Å². The van der Waals surface area contributed by atoms with E-state index in [1.165, 1.54) is 10.4 Å². The Morgan fingerprint density at radius 1 is 0.902 bits per heavy atom. The molecule has 0 saturated carbocycles. The van der Waals surface area contributed by atoms with E-state index >= 15 is 0 Å². The van der Waals surface area contributed by atoms with Crippen molar-refractivity contribution in [1.82, 2.24) is 0 Å². The van der Waals surface area contributed by atoms with E-state index in [1.807, 2.05) is 0 Å². The zero-order chi connectivity index (χ0) is 36.9. The van der Waals surface area contributed by atoms with Gasteiger partial charge in [-0.05, 0) is 79.8 Å². The lowest BCUT2D eigenvalue weighted by atomic mass is 9.77. The molecule has 1 N–H and O–H groups in total. The Kier molecular flexibility index (Phi) is 11.0. The highest BCUT2D eigenvalue weighted by Gasteiger charge is 2.63. The van der Waals surface area contributed by atoms with Crippen molar-refractivity contribution in [3.63, 3.8) is 0 Å². The topological polar surface area (TPSA) is 69.7 Å². The molecule has 0 amide bonds. The molecule has 6 rings (SSSR count). The van der Waals surface area contributed by atoms with Gasteiger partial charge in [-0.1, -0.05) is 122 Å². The third-order valence-corrected chi connectivity index (χ3v) is 18.4. The second-order valence-corrected chi connectivity index (χ2v) is 22.1. The molecule has 6 nitrogen and oxygen atoms in total.